The Morgan fingerprint density at radius 1 is 1.21 bits per heavy atom. The summed E-state index contributed by atoms with van der Waals surface area (Å²) in [6.45, 7) is 0. The zero-order valence-electron chi connectivity index (χ0n) is 10.5. The second kappa shape index (κ2) is 5.50. The molecule has 2 aromatic heterocycles. The van der Waals surface area contributed by atoms with Gasteiger partial charge in [0.2, 0.25) is 0 Å². The fourth-order valence-corrected chi connectivity index (χ4v) is 4.34. The van der Waals surface area contributed by atoms with E-state index in [9.17, 15) is 0 Å². The van der Waals surface area contributed by atoms with Crippen LogP contribution in [0.3, 0.4) is 0 Å². The van der Waals surface area contributed by atoms with Gasteiger partial charge in [-0.25, -0.2) is 9.97 Å². The van der Waals surface area contributed by atoms with Gasteiger partial charge < -0.3 is 5.32 Å². The molecule has 0 unspecified atom stereocenters. The van der Waals surface area contributed by atoms with Crippen LogP contribution in [0, 0.1) is 0 Å². The van der Waals surface area contributed by atoms with E-state index >= 15 is 0 Å². The second-order valence-electron chi connectivity index (χ2n) is 4.51. The van der Waals surface area contributed by atoms with Crippen LogP contribution in [0.4, 0.5) is 5.82 Å². The van der Waals surface area contributed by atoms with Crippen molar-refractivity contribution < 1.29 is 0 Å². The molecule has 3 nitrogen and oxygen atoms in total. The topological polar surface area (TPSA) is 37.8 Å². The maximum atomic E-state index is 4.76. The molecule has 2 aromatic rings. The molecule has 0 aromatic carbocycles. The highest BCUT2D eigenvalue weighted by molar-refractivity contribution is 9.13. The number of halogens is 2. The Balaban J connectivity index is 2.11. The first kappa shape index (κ1) is 13.5. The van der Waals surface area contributed by atoms with Gasteiger partial charge in [0, 0.05) is 22.8 Å². The van der Waals surface area contributed by atoms with Crippen LogP contribution >= 0.6 is 43.2 Å². The molecule has 0 aliphatic heterocycles. The van der Waals surface area contributed by atoms with E-state index in [1.54, 1.807) is 11.3 Å². The van der Waals surface area contributed by atoms with E-state index in [4.69, 9.17) is 4.98 Å². The van der Waals surface area contributed by atoms with E-state index in [0.717, 1.165) is 37.6 Å². The maximum Gasteiger partial charge on any atom is 0.171 e. The number of thiophene rings is 1. The van der Waals surface area contributed by atoms with Crippen molar-refractivity contribution in [3.63, 3.8) is 0 Å². The summed E-state index contributed by atoms with van der Waals surface area (Å²) in [7, 11) is 1.93. The lowest BCUT2D eigenvalue weighted by atomic mass is 9.96. The van der Waals surface area contributed by atoms with Gasteiger partial charge in [-0.2, -0.15) is 0 Å². The van der Waals surface area contributed by atoms with Crippen molar-refractivity contribution in [1.29, 1.82) is 0 Å². The maximum absolute atomic E-state index is 4.76. The zero-order chi connectivity index (χ0) is 13.4. The van der Waals surface area contributed by atoms with Gasteiger partial charge in [-0.3, -0.25) is 0 Å². The molecule has 0 saturated carbocycles. The Morgan fingerprint density at radius 2 is 2.00 bits per heavy atom. The molecule has 100 valence electrons. The normalized spacial score (nSPS) is 14.3. The van der Waals surface area contributed by atoms with Gasteiger partial charge in [0.25, 0.3) is 0 Å². The molecule has 0 saturated heterocycles. The van der Waals surface area contributed by atoms with Crippen molar-refractivity contribution in [3.8, 4) is 10.7 Å². The van der Waals surface area contributed by atoms with E-state index in [0.29, 0.717) is 0 Å². The molecule has 0 radical (unpaired) electrons. The van der Waals surface area contributed by atoms with Gasteiger partial charge in [0.15, 0.2) is 5.82 Å². The molecule has 0 spiro atoms. The third kappa shape index (κ3) is 2.58. The minimum Gasteiger partial charge on any atom is -0.373 e. The van der Waals surface area contributed by atoms with Gasteiger partial charge in [-0.15, -0.1) is 11.3 Å². The van der Waals surface area contributed by atoms with Gasteiger partial charge in [0.05, 0.1) is 8.66 Å². The van der Waals surface area contributed by atoms with E-state index in [1.807, 2.05) is 7.05 Å². The highest BCUT2D eigenvalue weighted by Crippen LogP contribution is 2.38. The SMILES string of the molecule is CNc1nc(-c2cc(Br)c(Br)s2)nc2c1CCCC2. The Labute approximate surface area is 133 Å². The third-order valence-electron chi connectivity index (χ3n) is 3.29. The highest BCUT2D eigenvalue weighted by Gasteiger charge is 2.19. The molecule has 6 heteroatoms. The lowest BCUT2D eigenvalue weighted by Gasteiger charge is -2.18. The molecule has 3 rings (SSSR count). The standard InChI is InChI=1S/C13H13Br2N3S/c1-16-12-7-4-2-3-5-9(7)17-13(18-12)10-6-8(14)11(15)19-10/h6H,2-5H2,1H3,(H,16,17,18). The van der Waals surface area contributed by atoms with E-state index in [2.05, 4.69) is 48.2 Å². The largest absolute Gasteiger partial charge is 0.373 e. The number of aryl methyl sites for hydroxylation is 1. The summed E-state index contributed by atoms with van der Waals surface area (Å²) >= 11 is 8.69. The molecule has 0 bridgehead atoms. The predicted molar refractivity (Wildman–Crippen MR) is 86.9 cm³/mol. The average Bonchev–Trinajstić information content (AvgIpc) is 2.77. The van der Waals surface area contributed by atoms with Crippen molar-refractivity contribution in [3.05, 3.63) is 25.6 Å². The third-order valence-corrected chi connectivity index (χ3v) is 6.54. The number of hydrogen-bond acceptors (Lipinski definition) is 4. The molecular weight excluding hydrogens is 390 g/mol. The fraction of sp³-hybridized carbons (Fsp3) is 0.385. The summed E-state index contributed by atoms with van der Waals surface area (Å²) in [5.41, 5.74) is 2.51. The van der Waals surface area contributed by atoms with Gasteiger partial charge in [-0.05, 0) is 63.6 Å². The molecular formula is C13H13Br2N3S. The van der Waals surface area contributed by atoms with Crippen molar-refractivity contribution in [2.24, 2.45) is 0 Å². The molecule has 0 amide bonds. The summed E-state index contributed by atoms with van der Waals surface area (Å²) in [6.07, 6.45) is 4.61. The first-order valence-corrected chi connectivity index (χ1v) is 8.62. The van der Waals surface area contributed by atoms with Crippen LogP contribution in [0.25, 0.3) is 10.7 Å². The first-order chi connectivity index (χ1) is 9.19. The molecule has 1 aliphatic rings. The lowest BCUT2D eigenvalue weighted by Crippen LogP contribution is -2.11. The monoisotopic (exact) mass is 401 g/mol. The molecule has 1 aliphatic carbocycles. The van der Waals surface area contributed by atoms with Crippen LogP contribution in [-0.4, -0.2) is 17.0 Å². The van der Waals surface area contributed by atoms with Crippen LogP contribution in [0.2, 0.25) is 0 Å². The molecule has 0 fully saturated rings. The van der Waals surface area contributed by atoms with Crippen LogP contribution < -0.4 is 5.32 Å². The van der Waals surface area contributed by atoms with E-state index in [1.165, 1.54) is 24.1 Å². The van der Waals surface area contributed by atoms with E-state index < -0.39 is 0 Å². The van der Waals surface area contributed by atoms with Crippen molar-refractivity contribution in [1.82, 2.24) is 9.97 Å². The molecule has 0 atom stereocenters. The summed E-state index contributed by atoms with van der Waals surface area (Å²) in [5, 5.41) is 3.22. The van der Waals surface area contributed by atoms with Gasteiger partial charge in [-0.1, -0.05) is 0 Å². The van der Waals surface area contributed by atoms with Crippen molar-refractivity contribution in [2.45, 2.75) is 25.7 Å². The number of fused-ring (bicyclic) bond motifs is 1. The smallest absolute Gasteiger partial charge is 0.171 e. The van der Waals surface area contributed by atoms with Gasteiger partial charge >= 0.3 is 0 Å². The predicted octanol–water partition coefficient (Wildman–Crippen LogP) is 4.65. The van der Waals surface area contributed by atoms with E-state index in [-0.39, 0.29) is 0 Å². The van der Waals surface area contributed by atoms with Crippen LogP contribution in [0.15, 0.2) is 14.3 Å². The number of aromatic nitrogens is 2. The lowest BCUT2D eigenvalue weighted by molar-refractivity contribution is 0.665. The minimum absolute atomic E-state index is 0.821. The first-order valence-electron chi connectivity index (χ1n) is 6.22. The fourth-order valence-electron chi connectivity index (χ4n) is 2.37. The van der Waals surface area contributed by atoms with Crippen molar-refractivity contribution >= 4 is 49.0 Å². The number of hydrogen-bond donors (Lipinski definition) is 1. The van der Waals surface area contributed by atoms with Crippen LogP contribution in [-0.2, 0) is 12.8 Å². The zero-order valence-corrected chi connectivity index (χ0v) is 14.5. The quantitative estimate of drug-likeness (QED) is 0.794. The average molecular weight is 403 g/mol. The molecule has 1 N–H and O–H groups in total. The summed E-state index contributed by atoms with van der Waals surface area (Å²) in [4.78, 5) is 10.5. The van der Waals surface area contributed by atoms with Crippen molar-refractivity contribution in [2.75, 3.05) is 12.4 Å². The Bertz CT molecular complexity index is 588. The summed E-state index contributed by atoms with van der Waals surface area (Å²) in [6, 6.07) is 2.07. The van der Waals surface area contributed by atoms with Crippen LogP contribution in [0.5, 0.6) is 0 Å². The number of rotatable bonds is 2. The number of nitrogens with zero attached hydrogens (tertiary/aromatic N) is 2. The second-order valence-corrected chi connectivity index (χ2v) is 7.73. The summed E-state index contributed by atoms with van der Waals surface area (Å²) in [5.74, 6) is 1.81. The number of nitrogens with one attached hydrogen (secondary N) is 1. The Hall–Kier alpha value is -0.460. The van der Waals surface area contributed by atoms with Crippen LogP contribution in [0.1, 0.15) is 24.1 Å². The van der Waals surface area contributed by atoms with Gasteiger partial charge in [0.1, 0.15) is 5.82 Å². The molecule has 2 heterocycles. The highest BCUT2D eigenvalue weighted by atomic mass is 79.9. The summed E-state index contributed by atoms with van der Waals surface area (Å²) < 4.78 is 2.13. The molecule has 19 heavy (non-hydrogen) atoms. The Kier molecular flexibility index (Phi) is 3.91. The minimum atomic E-state index is 0.821. The number of anilines is 1. The Morgan fingerprint density at radius 3 is 2.68 bits per heavy atom.